The van der Waals surface area contributed by atoms with Crippen molar-refractivity contribution in [3.05, 3.63) is 59.7 Å². The van der Waals surface area contributed by atoms with Crippen LogP contribution in [0.4, 0.5) is 5.69 Å². The minimum atomic E-state index is 0.453. The van der Waals surface area contributed by atoms with E-state index in [0.717, 1.165) is 37.8 Å². The predicted molar refractivity (Wildman–Crippen MR) is 145 cm³/mol. The van der Waals surface area contributed by atoms with Gasteiger partial charge in [0.25, 0.3) is 0 Å². The van der Waals surface area contributed by atoms with E-state index in [2.05, 4.69) is 63.2 Å². The first-order valence-electron chi connectivity index (χ1n) is 13.8. The summed E-state index contributed by atoms with van der Waals surface area (Å²) in [4.78, 5) is 7.92. The van der Waals surface area contributed by atoms with Gasteiger partial charge in [-0.1, -0.05) is 24.3 Å². The maximum Gasteiger partial charge on any atom is 0.118 e. The van der Waals surface area contributed by atoms with Gasteiger partial charge >= 0.3 is 0 Å². The number of likely N-dealkylation sites (tertiary alicyclic amines) is 1. The third-order valence-corrected chi connectivity index (χ3v) is 8.56. The molecule has 5 heteroatoms. The lowest BCUT2D eigenvalue weighted by atomic mass is 9.86. The number of piperidine rings is 1. The Morgan fingerprint density at radius 3 is 2.37 bits per heavy atom. The number of anilines is 1. The maximum absolute atomic E-state index is 6.10. The van der Waals surface area contributed by atoms with Crippen molar-refractivity contribution in [2.45, 2.75) is 57.0 Å². The van der Waals surface area contributed by atoms with Gasteiger partial charge in [0.1, 0.15) is 5.75 Å². The molecule has 2 heterocycles. The summed E-state index contributed by atoms with van der Waals surface area (Å²) in [7, 11) is 1.73. The van der Waals surface area contributed by atoms with Crippen molar-refractivity contribution >= 4 is 5.69 Å². The highest BCUT2D eigenvalue weighted by Gasteiger charge is 2.25. The number of nitrogens with two attached hydrogens (primary N) is 1. The molecule has 3 fully saturated rings. The van der Waals surface area contributed by atoms with Crippen LogP contribution in [-0.2, 0) is 6.54 Å². The van der Waals surface area contributed by atoms with Crippen LogP contribution in [0, 0.1) is 5.92 Å². The van der Waals surface area contributed by atoms with Crippen LogP contribution in [-0.4, -0.2) is 68.8 Å². The summed E-state index contributed by atoms with van der Waals surface area (Å²) in [5.41, 5.74) is 10.4. The zero-order valence-electron chi connectivity index (χ0n) is 21.6. The second-order valence-corrected chi connectivity index (χ2v) is 11.1. The molecular weight excluding hydrogens is 432 g/mol. The van der Waals surface area contributed by atoms with E-state index in [-0.39, 0.29) is 0 Å². The lowest BCUT2D eigenvalue weighted by Gasteiger charge is -2.39. The quantitative estimate of drug-likeness (QED) is 0.627. The van der Waals surface area contributed by atoms with E-state index in [4.69, 9.17) is 10.5 Å². The largest absolute Gasteiger partial charge is 0.497 e. The van der Waals surface area contributed by atoms with Gasteiger partial charge in [0.05, 0.1) is 7.11 Å². The third kappa shape index (κ3) is 6.58. The monoisotopic (exact) mass is 476 g/mol. The Kier molecular flexibility index (Phi) is 8.27. The topological polar surface area (TPSA) is 45.0 Å². The Bertz CT molecular complexity index is 916. The zero-order valence-corrected chi connectivity index (χ0v) is 21.6. The van der Waals surface area contributed by atoms with Crippen LogP contribution in [0.1, 0.15) is 55.6 Å². The molecule has 2 N–H and O–H groups in total. The smallest absolute Gasteiger partial charge is 0.118 e. The number of methoxy groups -OCH3 is 1. The fourth-order valence-corrected chi connectivity index (χ4v) is 6.36. The van der Waals surface area contributed by atoms with E-state index < -0.39 is 0 Å². The van der Waals surface area contributed by atoms with Crippen LogP contribution in [0.25, 0.3) is 0 Å². The summed E-state index contributed by atoms with van der Waals surface area (Å²) in [5, 5.41) is 0. The normalized spacial score (nSPS) is 26.6. The number of hydrogen-bond acceptors (Lipinski definition) is 5. The molecule has 0 bridgehead atoms. The van der Waals surface area contributed by atoms with Crippen molar-refractivity contribution < 1.29 is 4.74 Å². The van der Waals surface area contributed by atoms with Crippen LogP contribution in [0.3, 0.4) is 0 Å². The van der Waals surface area contributed by atoms with E-state index in [9.17, 15) is 0 Å². The van der Waals surface area contributed by atoms with E-state index in [1.165, 1.54) is 81.5 Å². The summed E-state index contributed by atoms with van der Waals surface area (Å²) >= 11 is 0. The van der Waals surface area contributed by atoms with E-state index in [1.54, 1.807) is 7.11 Å². The molecule has 0 spiro atoms. The van der Waals surface area contributed by atoms with Gasteiger partial charge in [-0.05, 0) is 92.3 Å². The molecule has 2 saturated heterocycles. The fraction of sp³-hybridized carbons (Fsp3) is 0.600. The Labute approximate surface area is 212 Å². The van der Waals surface area contributed by atoms with Gasteiger partial charge in [0.15, 0.2) is 0 Å². The molecule has 1 saturated carbocycles. The molecule has 1 aliphatic carbocycles. The van der Waals surface area contributed by atoms with E-state index in [1.807, 2.05) is 0 Å². The Balaban J connectivity index is 1.14. The highest BCUT2D eigenvalue weighted by atomic mass is 16.5. The second-order valence-electron chi connectivity index (χ2n) is 11.1. The van der Waals surface area contributed by atoms with Crippen molar-refractivity contribution in [2.75, 3.05) is 57.8 Å². The SMILES string of the molecule is COc1ccc(CN2CCCC(c3cccc(N4CCN(CC5CCC(N)CC5)CC4)c3)C2)cc1. The molecule has 5 rings (SSSR count). The van der Waals surface area contributed by atoms with Crippen LogP contribution in [0.2, 0.25) is 0 Å². The van der Waals surface area contributed by atoms with E-state index in [0.29, 0.717) is 12.0 Å². The van der Waals surface area contributed by atoms with Gasteiger partial charge in [-0.2, -0.15) is 0 Å². The summed E-state index contributed by atoms with van der Waals surface area (Å²) in [5.74, 6) is 2.42. The molecule has 0 aromatic heterocycles. The first kappa shape index (κ1) is 24.6. The first-order chi connectivity index (χ1) is 17.2. The zero-order chi connectivity index (χ0) is 24.0. The van der Waals surface area contributed by atoms with Crippen LogP contribution in [0.5, 0.6) is 5.75 Å². The summed E-state index contributed by atoms with van der Waals surface area (Å²) in [6.07, 6.45) is 7.64. The van der Waals surface area contributed by atoms with Gasteiger partial charge in [0.2, 0.25) is 0 Å². The second kappa shape index (κ2) is 11.8. The molecule has 5 nitrogen and oxygen atoms in total. The average molecular weight is 477 g/mol. The van der Waals surface area contributed by atoms with Gasteiger partial charge < -0.3 is 15.4 Å². The minimum absolute atomic E-state index is 0.453. The number of rotatable bonds is 7. The average Bonchev–Trinajstić information content (AvgIpc) is 2.91. The van der Waals surface area contributed by atoms with Crippen LogP contribution >= 0.6 is 0 Å². The summed E-state index contributed by atoms with van der Waals surface area (Å²) in [6, 6.07) is 18.4. The standard InChI is InChI=1S/C30H44N4O/c1-35-30-13-9-25(10-14-30)22-33-15-3-5-27(23-33)26-4-2-6-29(20-26)34-18-16-32(17-19-34)21-24-7-11-28(31)12-8-24/h2,4,6,9-10,13-14,20,24,27-28H,3,5,7-8,11-12,15-19,21-23,31H2,1H3. The van der Waals surface area contributed by atoms with Gasteiger partial charge in [-0.3, -0.25) is 9.80 Å². The summed E-state index contributed by atoms with van der Waals surface area (Å²) < 4.78 is 5.31. The molecule has 1 atom stereocenters. The Hall–Kier alpha value is -2.08. The molecule has 3 aliphatic rings. The third-order valence-electron chi connectivity index (χ3n) is 8.56. The molecule has 0 amide bonds. The first-order valence-corrected chi connectivity index (χ1v) is 13.8. The lowest BCUT2D eigenvalue weighted by Crippen LogP contribution is -2.48. The molecular formula is C30H44N4O. The number of benzene rings is 2. The predicted octanol–water partition coefficient (Wildman–Crippen LogP) is 4.71. The molecule has 2 aromatic rings. The number of piperazine rings is 1. The van der Waals surface area contributed by atoms with Crippen molar-refractivity contribution in [1.29, 1.82) is 0 Å². The lowest BCUT2D eigenvalue weighted by molar-refractivity contribution is 0.186. The Morgan fingerprint density at radius 2 is 1.63 bits per heavy atom. The number of nitrogens with zero attached hydrogens (tertiary/aromatic N) is 3. The van der Waals surface area contributed by atoms with Crippen molar-refractivity contribution in [3.8, 4) is 5.75 Å². The molecule has 1 unspecified atom stereocenters. The fourth-order valence-electron chi connectivity index (χ4n) is 6.36. The highest BCUT2D eigenvalue weighted by Crippen LogP contribution is 2.31. The van der Waals surface area contributed by atoms with E-state index >= 15 is 0 Å². The highest BCUT2D eigenvalue weighted by molar-refractivity contribution is 5.50. The van der Waals surface area contributed by atoms with Gasteiger partial charge in [0, 0.05) is 57.5 Å². The summed E-state index contributed by atoms with van der Waals surface area (Å²) in [6.45, 7) is 9.29. The molecule has 0 radical (unpaired) electrons. The minimum Gasteiger partial charge on any atom is -0.497 e. The number of ether oxygens (including phenoxy) is 1. The maximum atomic E-state index is 6.10. The molecule has 2 aliphatic heterocycles. The molecule has 35 heavy (non-hydrogen) atoms. The van der Waals surface area contributed by atoms with Crippen molar-refractivity contribution in [2.24, 2.45) is 11.7 Å². The molecule has 2 aromatic carbocycles. The number of hydrogen-bond donors (Lipinski definition) is 1. The van der Waals surface area contributed by atoms with Crippen molar-refractivity contribution in [1.82, 2.24) is 9.80 Å². The van der Waals surface area contributed by atoms with Crippen LogP contribution in [0.15, 0.2) is 48.5 Å². The van der Waals surface area contributed by atoms with Gasteiger partial charge in [-0.15, -0.1) is 0 Å². The molecule has 190 valence electrons. The van der Waals surface area contributed by atoms with Gasteiger partial charge in [-0.25, -0.2) is 0 Å². The Morgan fingerprint density at radius 1 is 0.857 bits per heavy atom. The van der Waals surface area contributed by atoms with Crippen molar-refractivity contribution in [3.63, 3.8) is 0 Å². The van der Waals surface area contributed by atoms with Crippen LogP contribution < -0.4 is 15.4 Å².